The Balaban J connectivity index is 1.43. The Hall–Kier alpha value is -2.56. The van der Waals surface area contributed by atoms with Crippen LogP contribution in [0.5, 0.6) is 0 Å². The van der Waals surface area contributed by atoms with Gasteiger partial charge in [-0.15, -0.1) is 0 Å². The minimum absolute atomic E-state index is 0.106. The normalized spacial score (nSPS) is 13.9. The van der Waals surface area contributed by atoms with Crippen molar-refractivity contribution in [3.05, 3.63) is 48.2 Å². The first kappa shape index (κ1) is 16.3. The Morgan fingerprint density at radius 3 is 2.54 bits per heavy atom. The predicted octanol–water partition coefficient (Wildman–Crippen LogP) is 3.04. The number of nitrogens with zero attached hydrogens (tertiary/aromatic N) is 1. The third-order valence-electron chi connectivity index (χ3n) is 4.11. The van der Waals surface area contributed by atoms with Crippen LogP contribution in [-0.4, -0.2) is 36.5 Å². The van der Waals surface area contributed by atoms with Gasteiger partial charge in [-0.3, -0.25) is 9.59 Å². The molecule has 1 aromatic heterocycles. The Labute approximate surface area is 141 Å². The van der Waals surface area contributed by atoms with Gasteiger partial charge in [0.1, 0.15) is 11.5 Å². The number of benzene rings is 1. The number of esters is 1. The standard InChI is InChI=1S/C19H21NO4/c21-18(20-12-4-5-13-20)14-23-19(22)11-9-16-8-10-17(24-16)15-6-2-1-3-7-15/h1-3,6-8,10H,4-5,9,11-14H2. The van der Waals surface area contributed by atoms with E-state index < -0.39 is 0 Å². The first-order valence-electron chi connectivity index (χ1n) is 8.30. The molecule has 0 N–H and O–H groups in total. The molecule has 0 aliphatic carbocycles. The summed E-state index contributed by atoms with van der Waals surface area (Å²) in [6, 6.07) is 13.6. The van der Waals surface area contributed by atoms with Crippen LogP contribution in [0.1, 0.15) is 25.0 Å². The Kier molecular flexibility index (Phi) is 5.31. The molecular formula is C19H21NO4. The van der Waals surface area contributed by atoms with Gasteiger partial charge in [0.2, 0.25) is 0 Å². The molecule has 2 heterocycles. The third kappa shape index (κ3) is 4.25. The van der Waals surface area contributed by atoms with Crippen LogP contribution in [0, 0.1) is 0 Å². The van der Waals surface area contributed by atoms with Gasteiger partial charge in [-0.1, -0.05) is 30.3 Å². The molecule has 1 fully saturated rings. The van der Waals surface area contributed by atoms with Gasteiger partial charge < -0.3 is 14.1 Å². The molecule has 0 radical (unpaired) electrons. The van der Waals surface area contributed by atoms with Gasteiger partial charge in [-0.2, -0.15) is 0 Å². The topological polar surface area (TPSA) is 59.8 Å². The van der Waals surface area contributed by atoms with Crippen LogP contribution in [-0.2, 0) is 20.7 Å². The largest absolute Gasteiger partial charge is 0.461 e. The second kappa shape index (κ2) is 7.81. The smallest absolute Gasteiger partial charge is 0.306 e. The molecule has 1 aromatic carbocycles. The van der Waals surface area contributed by atoms with Crippen LogP contribution in [0.25, 0.3) is 11.3 Å². The summed E-state index contributed by atoms with van der Waals surface area (Å²) in [5.41, 5.74) is 1.00. The highest BCUT2D eigenvalue weighted by Gasteiger charge is 2.19. The zero-order valence-corrected chi connectivity index (χ0v) is 13.6. The van der Waals surface area contributed by atoms with E-state index in [4.69, 9.17) is 9.15 Å². The van der Waals surface area contributed by atoms with Gasteiger partial charge in [-0.25, -0.2) is 0 Å². The number of carbonyl (C=O) groups is 2. The summed E-state index contributed by atoms with van der Waals surface area (Å²) in [5.74, 6) is 1.03. The molecule has 0 unspecified atom stereocenters. The molecule has 2 aromatic rings. The molecule has 1 aliphatic heterocycles. The van der Waals surface area contributed by atoms with E-state index in [9.17, 15) is 9.59 Å². The summed E-state index contributed by atoms with van der Waals surface area (Å²) in [6.07, 6.45) is 2.72. The molecule has 5 heteroatoms. The monoisotopic (exact) mass is 327 g/mol. The maximum absolute atomic E-state index is 11.8. The zero-order chi connectivity index (χ0) is 16.8. The predicted molar refractivity (Wildman–Crippen MR) is 89.2 cm³/mol. The van der Waals surface area contributed by atoms with Crippen molar-refractivity contribution in [2.75, 3.05) is 19.7 Å². The van der Waals surface area contributed by atoms with E-state index >= 15 is 0 Å². The third-order valence-corrected chi connectivity index (χ3v) is 4.11. The van der Waals surface area contributed by atoms with E-state index in [1.54, 1.807) is 4.90 Å². The fourth-order valence-corrected chi connectivity index (χ4v) is 2.77. The van der Waals surface area contributed by atoms with Gasteiger partial charge in [0.25, 0.3) is 5.91 Å². The molecule has 1 aliphatic rings. The summed E-state index contributed by atoms with van der Waals surface area (Å²) < 4.78 is 10.8. The van der Waals surface area contributed by atoms with Crippen molar-refractivity contribution in [3.63, 3.8) is 0 Å². The highest BCUT2D eigenvalue weighted by molar-refractivity contribution is 5.80. The van der Waals surface area contributed by atoms with Crippen LogP contribution in [0.2, 0.25) is 0 Å². The summed E-state index contributed by atoms with van der Waals surface area (Å²) in [6.45, 7) is 1.38. The zero-order valence-electron chi connectivity index (χ0n) is 13.6. The Bertz CT molecular complexity index is 686. The van der Waals surface area contributed by atoms with E-state index in [0.717, 1.165) is 43.0 Å². The van der Waals surface area contributed by atoms with Gasteiger partial charge in [0.05, 0.1) is 6.42 Å². The van der Waals surface area contributed by atoms with Gasteiger partial charge in [-0.05, 0) is 25.0 Å². The number of aryl methyl sites for hydroxylation is 1. The number of hydrogen-bond donors (Lipinski definition) is 0. The van der Waals surface area contributed by atoms with Crippen molar-refractivity contribution >= 4 is 11.9 Å². The minimum atomic E-state index is -0.375. The summed E-state index contributed by atoms with van der Waals surface area (Å²) in [7, 11) is 0. The fraction of sp³-hybridized carbons (Fsp3) is 0.368. The summed E-state index contributed by atoms with van der Waals surface area (Å²) in [5, 5.41) is 0. The number of likely N-dealkylation sites (tertiary alicyclic amines) is 1. The van der Waals surface area contributed by atoms with Crippen molar-refractivity contribution in [3.8, 4) is 11.3 Å². The second-order valence-electron chi connectivity index (χ2n) is 5.88. The van der Waals surface area contributed by atoms with E-state index in [-0.39, 0.29) is 24.9 Å². The first-order valence-corrected chi connectivity index (χ1v) is 8.30. The van der Waals surface area contributed by atoms with E-state index in [2.05, 4.69) is 0 Å². The lowest BCUT2D eigenvalue weighted by Crippen LogP contribution is -2.32. The van der Waals surface area contributed by atoms with Gasteiger partial charge in [0, 0.05) is 25.1 Å². The highest BCUT2D eigenvalue weighted by Crippen LogP contribution is 2.22. The molecule has 3 rings (SSSR count). The maximum atomic E-state index is 11.8. The van der Waals surface area contributed by atoms with Crippen LogP contribution < -0.4 is 0 Å². The van der Waals surface area contributed by atoms with E-state index in [1.807, 2.05) is 42.5 Å². The quantitative estimate of drug-likeness (QED) is 0.765. The number of carbonyl (C=O) groups excluding carboxylic acids is 2. The molecule has 126 valence electrons. The lowest BCUT2D eigenvalue weighted by molar-refractivity contribution is -0.151. The molecule has 1 saturated heterocycles. The molecular weight excluding hydrogens is 306 g/mol. The fourth-order valence-electron chi connectivity index (χ4n) is 2.77. The van der Waals surface area contributed by atoms with E-state index in [1.165, 1.54) is 0 Å². The molecule has 0 bridgehead atoms. The number of furan rings is 1. The lowest BCUT2D eigenvalue weighted by atomic mass is 10.2. The summed E-state index contributed by atoms with van der Waals surface area (Å²) >= 11 is 0. The molecule has 24 heavy (non-hydrogen) atoms. The summed E-state index contributed by atoms with van der Waals surface area (Å²) in [4.78, 5) is 25.3. The lowest BCUT2D eigenvalue weighted by Gasteiger charge is -2.14. The minimum Gasteiger partial charge on any atom is -0.461 e. The van der Waals surface area contributed by atoms with Crippen molar-refractivity contribution < 1.29 is 18.7 Å². The SMILES string of the molecule is O=C(CCc1ccc(-c2ccccc2)o1)OCC(=O)N1CCCC1. The van der Waals surface area contributed by atoms with Crippen LogP contribution >= 0.6 is 0 Å². The molecule has 5 nitrogen and oxygen atoms in total. The average Bonchev–Trinajstić information content (AvgIpc) is 3.30. The highest BCUT2D eigenvalue weighted by atomic mass is 16.5. The Morgan fingerprint density at radius 1 is 1.04 bits per heavy atom. The van der Waals surface area contributed by atoms with Crippen LogP contribution in [0.3, 0.4) is 0 Å². The number of ether oxygens (including phenoxy) is 1. The van der Waals surface area contributed by atoms with Gasteiger partial charge in [0.15, 0.2) is 6.61 Å². The average molecular weight is 327 g/mol. The van der Waals surface area contributed by atoms with Crippen molar-refractivity contribution in [2.24, 2.45) is 0 Å². The molecule has 1 amide bonds. The Morgan fingerprint density at radius 2 is 1.79 bits per heavy atom. The van der Waals surface area contributed by atoms with E-state index in [0.29, 0.717) is 6.42 Å². The van der Waals surface area contributed by atoms with Crippen LogP contribution in [0.15, 0.2) is 46.9 Å². The number of rotatable bonds is 6. The first-order chi connectivity index (χ1) is 11.7. The molecule has 0 atom stereocenters. The number of hydrogen-bond acceptors (Lipinski definition) is 4. The van der Waals surface area contributed by atoms with Crippen LogP contribution in [0.4, 0.5) is 0 Å². The molecule has 0 spiro atoms. The second-order valence-corrected chi connectivity index (χ2v) is 5.88. The molecule has 0 saturated carbocycles. The van der Waals surface area contributed by atoms with Crippen molar-refractivity contribution in [1.29, 1.82) is 0 Å². The number of amides is 1. The van der Waals surface area contributed by atoms with Gasteiger partial charge >= 0.3 is 5.97 Å². The maximum Gasteiger partial charge on any atom is 0.306 e. The van der Waals surface area contributed by atoms with Crippen molar-refractivity contribution in [1.82, 2.24) is 4.90 Å². The van der Waals surface area contributed by atoms with Crippen molar-refractivity contribution in [2.45, 2.75) is 25.7 Å².